The predicted molar refractivity (Wildman–Crippen MR) is 174 cm³/mol. The zero-order chi connectivity index (χ0) is 31.5. The van der Waals surface area contributed by atoms with Crippen molar-refractivity contribution in [2.24, 2.45) is 0 Å². The van der Waals surface area contributed by atoms with Gasteiger partial charge in [-0.1, -0.05) is 127 Å². The van der Waals surface area contributed by atoms with Crippen molar-refractivity contribution in [1.82, 2.24) is 0 Å². The van der Waals surface area contributed by atoms with Gasteiger partial charge < -0.3 is 0 Å². The van der Waals surface area contributed by atoms with E-state index in [1.54, 1.807) is 72.8 Å². The third-order valence-electron chi connectivity index (χ3n) is 7.36. The van der Waals surface area contributed by atoms with Crippen molar-refractivity contribution >= 4 is 20.4 Å². The number of rotatable bonds is 8. The first-order chi connectivity index (χ1) is 21.7. The van der Waals surface area contributed by atoms with Gasteiger partial charge in [-0.2, -0.15) is 25.2 Å². The zero-order valence-corrected chi connectivity index (χ0v) is 25.4. The fourth-order valence-electron chi connectivity index (χ4n) is 5.11. The van der Waals surface area contributed by atoms with Gasteiger partial charge >= 0.3 is 15.6 Å². The average molecular weight is 641 g/mol. The summed E-state index contributed by atoms with van der Waals surface area (Å²) in [5, 5.41) is 0. The average Bonchev–Trinajstić information content (AvgIpc) is 3.08. The Balaban J connectivity index is 1.58. The molecule has 0 aliphatic rings. The van der Waals surface area contributed by atoms with Crippen molar-refractivity contribution < 1.29 is 25.2 Å². The minimum Gasteiger partial charge on any atom is -0.200 e. The van der Waals surface area contributed by atoms with Crippen LogP contribution in [0.1, 0.15) is 0 Å². The standard InChI is InChI=1S/C37H27F3O3S2/c38-37(39,40)45(41,42)43-44(34-22-16-31(17-23-34)28-10-4-1-5-11-28,35-24-18-32(19-25-35)29-12-6-2-7-13-29)36-26-20-33(21-27-36)30-14-8-3-9-15-30/h1-27H. The molecule has 0 aromatic heterocycles. The van der Waals surface area contributed by atoms with Gasteiger partial charge in [0.1, 0.15) is 0 Å². The Morgan fingerprint density at radius 2 is 0.622 bits per heavy atom. The van der Waals surface area contributed by atoms with Crippen molar-refractivity contribution in [2.45, 2.75) is 20.2 Å². The molecule has 0 heterocycles. The van der Waals surface area contributed by atoms with Gasteiger partial charge in [0.2, 0.25) is 0 Å². The molecule has 45 heavy (non-hydrogen) atoms. The van der Waals surface area contributed by atoms with E-state index >= 15 is 0 Å². The molecule has 0 bridgehead atoms. The summed E-state index contributed by atoms with van der Waals surface area (Å²) in [5.74, 6) is 0. The minimum absolute atomic E-state index is 0.301. The highest BCUT2D eigenvalue weighted by Gasteiger charge is 2.52. The van der Waals surface area contributed by atoms with Gasteiger partial charge in [0.05, 0.1) is 0 Å². The molecule has 226 valence electrons. The van der Waals surface area contributed by atoms with Gasteiger partial charge in [-0.25, -0.2) is 0 Å². The summed E-state index contributed by atoms with van der Waals surface area (Å²) < 4.78 is 73.6. The number of hydrogen-bond acceptors (Lipinski definition) is 3. The molecule has 0 radical (unpaired) electrons. The van der Waals surface area contributed by atoms with Gasteiger partial charge in [0.25, 0.3) is 0 Å². The van der Waals surface area contributed by atoms with E-state index in [9.17, 15) is 21.6 Å². The van der Waals surface area contributed by atoms with Gasteiger partial charge in [-0.05, 0) is 80.1 Å². The Labute approximate surface area is 262 Å². The highest BCUT2D eigenvalue weighted by molar-refractivity contribution is 8.33. The lowest BCUT2D eigenvalue weighted by Crippen LogP contribution is -2.27. The van der Waals surface area contributed by atoms with E-state index in [1.807, 2.05) is 91.0 Å². The summed E-state index contributed by atoms with van der Waals surface area (Å²) in [4.78, 5) is 0.903. The number of hydrogen-bond donors (Lipinski definition) is 0. The zero-order valence-electron chi connectivity index (χ0n) is 23.8. The van der Waals surface area contributed by atoms with Crippen LogP contribution in [0.2, 0.25) is 0 Å². The maximum atomic E-state index is 14.1. The Morgan fingerprint density at radius 3 is 0.867 bits per heavy atom. The van der Waals surface area contributed by atoms with Crippen LogP contribution >= 0.6 is 10.3 Å². The molecule has 0 saturated heterocycles. The van der Waals surface area contributed by atoms with Crippen LogP contribution in [0.25, 0.3) is 33.4 Å². The summed E-state index contributed by atoms with van der Waals surface area (Å²) in [5.41, 5.74) is -0.433. The normalized spacial score (nSPS) is 12.5. The molecular weight excluding hydrogens is 614 g/mol. The summed E-state index contributed by atoms with van der Waals surface area (Å²) in [7, 11) is -9.53. The largest absolute Gasteiger partial charge is 0.524 e. The second kappa shape index (κ2) is 12.4. The monoisotopic (exact) mass is 640 g/mol. The molecule has 0 aliphatic heterocycles. The third-order valence-corrected chi connectivity index (χ3v) is 12.3. The molecule has 6 aromatic carbocycles. The van der Waals surface area contributed by atoms with Crippen molar-refractivity contribution in [1.29, 1.82) is 0 Å². The lowest BCUT2D eigenvalue weighted by atomic mass is 10.1. The van der Waals surface area contributed by atoms with E-state index in [0.717, 1.165) is 33.4 Å². The van der Waals surface area contributed by atoms with Crippen molar-refractivity contribution in [3.8, 4) is 33.4 Å². The Bertz CT molecular complexity index is 1780. The molecule has 0 atom stereocenters. The molecule has 0 amide bonds. The van der Waals surface area contributed by atoms with Gasteiger partial charge in [0, 0.05) is 14.7 Å². The van der Waals surface area contributed by atoms with Crippen LogP contribution in [0.3, 0.4) is 0 Å². The highest BCUT2D eigenvalue weighted by Crippen LogP contribution is 2.71. The molecule has 0 N–H and O–H groups in total. The van der Waals surface area contributed by atoms with Crippen molar-refractivity contribution in [2.75, 3.05) is 0 Å². The van der Waals surface area contributed by atoms with Crippen LogP contribution in [0, 0.1) is 0 Å². The van der Waals surface area contributed by atoms with E-state index in [1.165, 1.54) is 0 Å². The predicted octanol–water partition coefficient (Wildman–Crippen LogP) is 10.8. The molecule has 0 aliphatic carbocycles. The quantitative estimate of drug-likeness (QED) is 0.156. The lowest BCUT2D eigenvalue weighted by Gasteiger charge is -2.39. The molecule has 6 aromatic rings. The van der Waals surface area contributed by atoms with Crippen LogP contribution in [-0.4, -0.2) is 13.9 Å². The Kier molecular flexibility index (Phi) is 8.38. The molecule has 0 saturated carbocycles. The molecule has 0 spiro atoms. The molecule has 3 nitrogen and oxygen atoms in total. The van der Waals surface area contributed by atoms with Gasteiger partial charge in [-0.15, -0.1) is 0 Å². The number of alkyl halides is 3. The van der Waals surface area contributed by atoms with E-state index in [0.29, 0.717) is 14.7 Å². The molecule has 8 heteroatoms. The highest BCUT2D eigenvalue weighted by atomic mass is 32.3. The van der Waals surface area contributed by atoms with E-state index in [2.05, 4.69) is 0 Å². The van der Waals surface area contributed by atoms with E-state index in [4.69, 9.17) is 3.63 Å². The maximum Gasteiger partial charge on any atom is 0.524 e. The van der Waals surface area contributed by atoms with Crippen LogP contribution in [0.15, 0.2) is 178 Å². The van der Waals surface area contributed by atoms with Crippen LogP contribution in [0.4, 0.5) is 13.2 Å². The van der Waals surface area contributed by atoms with Gasteiger partial charge in [0.15, 0.2) is 0 Å². The summed E-state index contributed by atoms with van der Waals surface area (Å²) in [6, 6.07) is 49.1. The van der Waals surface area contributed by atoms with Crippen molar-refractivity contribution in [3.05, 3.63) is 164 Å². The topological polar surface area (TPSA) is 43.4 Å². The van der Waals surface area contributed by atoms with E-state index < -0.39 is 25.9 Å². The van der Waals surface area contributed by atoms with E-state index in [-0.39, 0.29) is 0 Å². The fourth-order valence-corrected chi connectivity index (χ4v) is 9.81. The molecular formula is C37H27F3O3S2. The lowest BCUT2D eigenvalue weighted by molar-refractivity contribution is -0.0496. The summed E-state index contributed by atoms with van der Waals surface area (Å²) in [6.07, 6.45) is 0. The van der Waals surface area contributed by atoms with Gasteiger partial charge in [-0.3, -0.25) is 0 Å². The van der Waals surface area contributed by atoms with Crippen molar-refractivity contribution in [3.63, 3.8) is 0 Å². The summed E-state index contributed by atoms with van der Waals surface area (Å²) in [6.45, 7) is 0. The maximum absolute atomic E-state index is 14.1. The van der Waals surface area contributed by atoms with Crippen LogP contribution in [-0.2, 0) is 13.7 Å². The Hall–Kier alpha value is -4.63. The van der Waals surface area contributed by atoms with Crippen LogP contribution in [0.5, 0.6) is 0 Å². The first kappa shape index (κ1) is 30.4. The molecule has 6 rings (SSSR count). The first-order valence-corrected chi connectivity index (χ1v) is 17.0. The Morgan fingerprint density at radius 1 is 0.378 bits per heavy atom. The minimum atomic E-state index is -6.05. The SMILES string of the molecule is O=S(=O)(OS(c1ccc(-c2ccccc2)cc1)(c1ccc(-c2ccccc2)cc1)c1ccc(-c2ccccc2)cc1)C(F)(F)F. The fraction of sp³-hybridized carbons (Fsp3) is 0.0270. The third kappa shape index (κ3) is 6.17. The first-order valence-electron chi connectivity index (χ1n) is 14.0. The number of halogens is 3. The van der Waals surface area contributed by atoms with Crippen LogP contribution < -0.4 is 0 Å². The second-order valence-corrected chi connectivity index (χ2v) is 14.6. The molecule has 0 unspecified atom stereocenters. The number of benzene rings is 6. The molecule has 0 fully saturated rings. The smallest absolute Gasteiger partial charge is 0.200 e. The second-order valence-electron chi connectivity index (χ2n) is 10.2. The summed E-state index contributed by atoms with van der Waals surface area (Å²) >= 11 is 0.